The minimum atomic E-state index is 1.08. The number of thioether (sulfide) groups is 1. The molecule has 0 aromatic heterocycles. The Labute approximate surface area is 55.7 Å². The molecule has 0 fully saturated rings. The van der Waals surface area contributed by atoms with Crippen molar-refractivity contribution < 1.29 is 0 Å². The van der Waals surface area contributed by atoms with Crippen LogP contribution in [0, 0.1) is 0 Å². The van der Waals surface area contributed by atoms with E-state index in [2.05, 4.69) is 18.9 Å². The Balaban J connectivity index is 3.54. The van der Waals surface area contributed by atoms with E-state index in [9.17, 15) is 0 Å². The molecule has 0 aromatic rings. The quantitative estimate of drug-likeness (QED) is 0.526. The van der Waals surface area contributed by atoms with Gasteiger partial charge in [-0.3, -0.25) is 0 Å². The Morgan fingerprint density at radius 3 is 2.50 bits per heavy atom. The molecule has 0 aromatic carbocycles. The second kappa shape index (κ2) is 4.98. The molecule has 0 nitrogen and oxygen atoms in total. The minimum absolute atomic E-state index is 1.08. The van der Waals surface area contributed by atoms with Gasteiger partial charge >= 0.3 is 0 Å². The first-order valence-electron chi connectivity index (χ1n) is 2.61. The molecule has 0 aliphatic heterocycles. The Morgan fingerprint density at radius 2 is 2.38 bits per heavy atom. The van der Waals surface area contributed by atoms with E-state index < -0.39 is 0 Å². The van der Waals surface area contributed by atoms with Crippen LogP contribution in [0.4, 0.5) is 0 Å². The molecule has 0 amide bonds. The highest BCUT2D eigenvalue weighted by atomic mass is 32.2. The van der Waals surface area contributed by atoms with E-state index in [0.717, 1.165) is 5.75 Å². The Kier molecular flexibility index (Phi) is 4.87. The van der Waals surface area contributed by atoms with Crippen LogP contribution in [-0.2, 0) is 0 Å². The summed E-state index contributed by atoms with van der Waals surface area (Å²) in [7, 11) is 0. The number of hydrogen-bond donors (Lipinski definition) is 0. The van der Waals surface area contributed by atoms with Crippen LogP contribution in [0.25, 0.3) is 0 Å². The van der Waals surface area contributed by atoms with E-state index in [1.54, 1.807) is 0 Å². The van der Waals surface area contributed by atoms with E-state index in [1.807, 2.05) is 24.8 Å². The first-order chi connectivity index (χ1) is 3.85. The fourth-order valence-corrected chi connectivity index (χ4v) is 1.04. The molecule has 1 heteroatoms. The predicted octanol–water partition coefficient (Wildman–Crippen LogP) is 2.48. The van der Waals surface area contributed by atoms with Crippen molar-refractivity contribution in [1.82, 2.24) is 0 Å². The molecule has 0 rings (SSSR count). The van der Waals surface area contributed by atoms with Crippen LogP contribution in [0.3, 0.4) is 0 Å². The third-order valence-electron chi connectivity index (χ3n) is 0.944. The lowest BCUT2D eigenvalue weighted by Gasteiger charge is -1.93. The maximum Gasteiger partial charge on any atom is 0.0178 e. The third-order valence-corrected chi connectivity index (χ3v) is 1.57. The van der Waals surface area contributed by atoms with Crippen molar-refractivity contribution >= 4 is 11.8 Å². The summed E-state index contributed by atoms with van der Waals surface area (Å²) in [5.41, 5.74) is 1.32. The molecule has 0 heterocycles. The SMILES string of the molecule is C=C/C(=C\C)CSC. The second-order valence-corrected chi connectivity index (χ2v) is 2.37. The first-order valence-corrected chi connectivity index (χ1v) is 4.01. The standard InChI is InChI=1S/C7H12S/c1-4-7(5-2)6-8-3/h4-5H,1,6H2,2-3H3/b7-5+. The van der Waals surface area contributed by atoms with Gasteiger partial charge in [0.2, 0.25) is 0 Å². The molecule has 0 spiro atoms. The molecule has 0 saturated heterocycles. The zero-order valence-corrected chi connectivity index (χ0v) is 6.29. The third kappa shape index (κ3) is 2.92. The molecule has 0 atom stereocenters. The van der Waals surface area contributed by atoms with Crippen LogP contribution in [0.1, 0.15) is 6.92 Å². The van der Waals surface area contributed by atoms with Gasteiger partial charge in [0, 0.05) is 5.75 Å². The fraction of sp³-hybridized carbons (Fsp3) is 0.429. The lowest BCUT2D eigenvalue weighted by atomic mass is 10.3. The van der Waals surface area contributed by atoms with Crippen LogP contribution >= 0.6 is 11.8 Å². The lowest BCUT2D eigenvalue weighted by Crippen LogP contribution is -1.78. The van der Waals surface area contributed by atoms with Gasteiger partial charge in [-0.25, -0.2) is 0 Å². The largest absolute Gasteiger partial charge is 0.161 e. The molecule has 0 radical (unpaired) electrons. The van der Waals surface area contributed by atoms with Crippen LogP contribution in [0.5, 0.6) is 0 Å². The van der Waals surface area contributed by atoms with Crippen molar-refractivity contribution in [1.29, 1.82) is 0 Å². The number of rotatable bonds is 3. The van der Waals surface area contributed by atoms with Crippen LogP contribution in [-0.4, -0.2) is 12.0 Å². The Morgan fingerprint density at radius 1 is 1.75 bits per heavy atom. The summed E-state index contributed by atoms with van der Waals surface area (Å²) >= 11 is 1.82. The Bertz CT molecular complexity index is 92.6. The normalized spacial score (nSPS) is 11.5. The smallest absolute Gasteiger partial charge is 0.0178 e. The van der Waals surface area contributed by atoms with Crippen molar-refractivity contribution in [2.75, 3.05) is 12.0 Å². The van der Waals surface area contributed by atoms with E-state index in [-0.39, 0.29) is 0 Å². The zero-order valence-electron chi connectivity index (χ0n) is 5.48. The molecular weight excluding hydrogens is 116 g/mol. The fourth-order valence-electron chi connectivity index (χ4n) is 0.427. The lowest BCUT2D eigenvalue weighted by molar-refractivity contribution is 1.51. The monoisotopic (exact) mass is 128 g/mol. The maximum atomic E-state index is 3.67. The molecule has 0 aliphatic carbocycles. The van der Waals surface area contributed by atoms with Crippen LogP contribution in [0.2, 0.25) is 0 Å². The van der Waals surface area contributed by atoms with Crippen molar-refractivity contribution in [3.05, 3.63) is 24.3 Å². The highest BCUT2D eigenvalue weighted by molar-refractivity contribution is 7.98. The van der Waals surface area contributed by atoms with E-state index in [4.69, 9.17) is 0 Å². The van der Waals surface area contributed by atoms with Crippen molar-refractivity contribution in [3.8, 4) is 0 Å². The van der Waals surface area contributed by atoms with Gasteiger partial charge < -0.3 is 0 Å². The molecule has 0 unspecified atom stereocenters. The van der Waals surface area contributed by atoms with Gasteiger partial charge in [0.05, 0.1) is 0 Å². The highest BCUT2D eigenvalue weighted by Crippen LogP contribution is 2.03. The van der Waals surface area contributed by atoms with Crippen molar-refractivity contribution in [3.63, 3.8) is 0 Å². The van der Waals surface area contributed by atoms with Crippen LogP contribution in [0.15, 0.2) is 24.3 Å². The average molecular weight is 128 g/mol. The molecule has 0 aliphatic rings. The van der Waals surface area contributed by atoms with Gasteiger partial charge in [-0.2, -0.15) is 11.8 Å². The van der Waals surface area contributed by atoms with Gasteiger partial charge in [0.1, 0.15) is 0 Å². The molecule has 0 saturated carbocycles. The summed E-state index contributed by atoms with van der Waals surface area (Å²) < 4.78 is 0. The summed E-state index contributed by atoms with van der Waals surface area (Å²) in [5, 5.41) is 0. The summed E-state index contributed by atoms with van der Waals surface area (Å²) in [6, 6.07) is 0. The van der Waals surface area contributed by atoms with E-state index >= 15 is 0 Å². The topological polar surface area (TPSA) is 0 Å². The molecule has 8 heavy (non-hydrogen) atoms. The number of hydrogen-bond acceptors (Lipinski definition) is 1. The number of allylic oxidation sites excluding steroid dienone is 2. The predicted molar refractivity (Wildman–Crippen MR) is 42.3 cm³/mol. The van der Waals surface area contributed by atoms with Crippen LogP contribution < -0.4 is 0 Å². The minimum Gasteiger partial charge on any atom is -0.161 e. The first kappa shape index (κ1) is 7.83. The van der Waals surface area contributed by atoms with Gasteiger partial charge in [-0.1, -0.05) is 18.7 Å². The zero-order chi connectivity index (χ0) is 6.41. The van der Waals surface area contributed by atoms with Gasteiger partial charge in [-0.15, -0.1) is 0 Å². The van der Waals surface area contributed by atoms with E-state index in [0.29, 0.717) is 0 Å². The maximum absolute atomic E-state index is 3.67. The van der Waals surface area contributed by atoms with Crippen molar-refractivity contribution in [2.24, 2.45) is 0 Å². The average Bonchev–Trinajstić information content (AvgIpc) is 1.83. The molecular formula is C7H12S. The van der Waals surface area contributed by atoms with Gasteiger partial charge in [-0.05, 0) is 18.8 Å². The summed E-state index contributed by atoms with van der Waals surface area (Å²) in [5.74, 6) is 1.08. The summed E-state index contributed by atoms with van der Waals surface area (Å²) in [6.07, 6.45) is 6.08. The molecule has 0 bridgehead atoms. The van der Waals surface area contributed by atoms with Gasteiger partial charge in [0.15, 0.2) is 0 Å². The highest BCUT2D eigenvalue weighted by Gasteiger charge is 1.83. The van der Waals surface area contributed by atoms with Gasteiger partial charge in [0.25, 0.3) is 0 Å². The second-order valence-electron chi connectivity index (χ2n) is 1.50. The summed E-state index contributed by atoms with van der Waals surface area (Å²) in [4.78, 5) is 0. The molecule has 46 valence electrons. The molecule has 0 N–H and O–H groups in total. The van der Waals surface area contributed by atoms with E-state index in [1.165, 1.54) is 5.57 Å². The summed E-state index contributed by atoms with van der Waals surface area (Å²) in [6.45, 7) is 5.70. The van der Waals surface area contributed by atoms with Crippen molar-refractivity contribution in [2.45, 2.75) is 6.92 Å². The Hall–Kier alpha value is -0.170.